The van der Waals surface area contributed by atoms with Crippen molar-refractivity contribution in [2.45, 2.75) is 155 Å². The summed E-state index contributed by atoms with van der Waals surface area (Å²) in [6, 6.07) is 0. The van der Waals surface area contributed by atoms with Gasteiger partial charge < -0.3 is 24.8 Å². The second kappa shape index (κ2) is 14.7. The van der Waals surface area contributed by atoms with Crippen LogP contribution in [0.2, 0.25) is 0 Å². The van der Waals surface area contributed by atoms with Crippen molar-refractivity contribution in [3.8, 4) is 0 Å². The second-order valence-electron chi connectivity index (χ2n) is 15.5. The van der Waals surface area contributed by atoms with Gasteiger partial charge in [-0.05, 0) is 38.3 Å². The lowest BCUT2D eigenvalue weighted by molar-refractivity contribution is -0.227. The Bertz CT molecular complexity index is 1280. The van der Waals surface area contributed by atoms with Crippen molar-refractivity contribution >= 4 is 17.7 Å². The van der Waals surface area contributed by atoms with Crippen LogP contribution in [0.25, 0.3) is 0 Å². The van der Waals surface area contributed by atoms with Crippen LogP contribution in [0, 0.1) is 29.1 Å². The summed E-state index contributed by atoms with van der Waals surface area (Å²) >= 11 is 0. The molecule has 0 aromatic heterocycles. The molecule has 0 saturated heterocycles. The molecule has 8 nitrogen and oxygen atoms in total. The van der Waals surface area contributed by atoms with Gasteiger partial charge in [0.2, 0.25) is 0 Å². The summed E-state index contributed by atoms with van der Waals surface area (Å²) in [6.07, 6.45) is 17.0. The standard InChI is InChI=1S/C39H60O8/c1-8-10-11-12-13-14-15-16-17-18-19-20-31(41)47-39-32(36(39,6)7)29-22-28(24-40)23-37(44)30(21-26(4)33(37)42)38(29,45)27(5)34(39)46-35(43)25(3)9-2/h9,21-22,27,29-30,32,34,40,44-45H,8,10-20,23-24H2,1-7H3/b25-9+/t27-,29+,30-,32+,34-,37-,38-,39-/m1/s1. The maximum Gasteiger partial charge on any atom is 0.333 e. The minimum absolute atomic E-state index is 0.118. The highest BCUT2D eigenvalue weighted by Gasteiger charge is 2.88. The van der Waals surface area contributed by atoms with Crippen LogP contribution in [0.3, 0.4) is 0 Å². The lowest BCUT2D eigenvalue weighted by atomic mass is 9.59. The molecule has 2 fully saturated rings. The van der Waals surface area contributed by atoms with Crippen LogP contribution in [0.15, 0.2) is 34.9 Å². The Morgan fingerprint density at radius 1 is 0.979 bits per heavy atom. The van der Waals surface area contributed by atoms with Crippen molar-refractivity contribution in [1.29, 1.82) is 0 Å². The summed E-state index contributed by atoms with van der Waals surface area (Å²) in [5.74, 6) is -4.43. The molecule has 0 unspecified atom stereocenters. The summed E-state index contributed by atoms with van der Waals surface area (Å²) < 4.78 is 12.7. The predicted molar refractivity (Wildman–Crippen MR) is 181 cm³/mol. The SMILES string of the molecule is C/C=C(\C)C(=O)O[C@@H]1[C@@H](C)[C@@]2(O)[C@@H](C=C(CO)C[C@]3(O)C(=O)C(C)=C[C@@H]23)[C@H]2C(C)(C)[C@]12OC(=O)CCCCCCCCCCCCC. The largest absolute Gasteiger partial charge is 0.454 e. The van der Waals surface area contributed by atoms with Crippen molar-refractivity contribution < 1.29 is 39.2 Å². The monoisotopic (exact) mass is 656 g/mol. The van der Waals surface area contributed by atoms with E-state index < -0.39 is 63.7 Å². The van der Waals surface area contributed by atoms with E-state index in [2.05, 4.69) is 6.92 Å². The number of allylic oxidation sites excluding steroid dienone is 1. The Kier molecular flexibility index (Phi) is 11.7. The smallest absolute Gasteiger partial charge is 0.333 e. The van der Waals surface area contributed by atoms with E-state index in [1.54, 1.807) is 45.9 Å². The first-order valence-electron chi connectivity index (χ1n) is 18.2. The highest BCUT2D eigenvalue weighted by Crippen LogP contribution is 2.77. The van der Waals surface area contributed by atoms with Crippen LogP contribution >= 0.6 is 0 Å². The molecule has 0 radical (unpaired) electrons. The van der Waals surface area contributed by atoms with E-state index in [1.807, 2.05) is 13.8 Å². The van der Waals surface area contributed by atoms with E-state index in [-0.39, 0.29) is 25.4 Å². The van der Waals surface area contributed by atoms with Crippen molar-refractivity contribution in [2.75, 3.05) is 6.61 Å². The molecule has 0 heterocycles. The molecule has 4 aliphatic rings. The second-order valence-corrected chi connectivity index (χ2v) is 15.5. The van der Waals surface area contributed by atoms with Gasteiger partial charge in [0.1, 0.15) is 11.7 Å². The number of unbranched alkanes of at least 4 members (excludes halogenated alkanes) is 10. The van der Waals surface area contributed by atoms with Crippen LogP contribution in [-0.4, -0.2) is 62.6 Å². The maximum absolute atomic E-state index is 13.6. The zero-order valence-corrected chi connectivity index (χ0v) is 29.9. The fourth-order valence-corrected chi connectivity index (χ4v) is 9.32. The number of fused-ring (bicyclic) bond motifs is 5. The van der Waals surface area contributed by atoms with Crippen molar-refractivity contribution in [1.82, 2.24) is 0 Å². The summed E-state index contributed by atoms with van der Waals surface area (Å²) in [6.45, 7) is 12.5. The van der Waals surface area contributed by atoms with Gasteiger partial charge in [0.25, 0.3) is 0 Å². The number of ether oxygens (including phenoxy) is 2. The number of esters is 2. The number of aliphatic hydroxyl groups is 3. The minimum Gasteiger partial charge on any atom is -0.454 e. The first-order chi connectivity index (χ1) is 22.2. The highest BCUT2D eigenvalue weighted by atomic mass is 16.6. The molecule has 4 aliphatic carbocycles. The van der Waals surface area contributed by atoms with Crippen molar-refractivity contribution in [3.63, 3.8) is 0 Å². The van der Waals surface area contributed by atoms with Gasteiger partial charge in [0, 0.05) is 47.5 Å². The Morgan fingerprint density at radius 3 is 2.11 bits per heavy atom. The molecule has 3 N–H and O–H groups in total. The fourth-order valence-electron chi connectivity index (χ4n) is 9.32. The van der Waals surface area contributed by atoms with Gasteiger partial charge in [-0.3, -0.25) is 9.59 Å². The van der Waals surface area contributed by atoms with Crippen LogP contribution in [0.5, 0.6) is 0 Å². The highest BCUT2D eigenvalue weighted by molar-refractivity contribution is 6.04. The van der Waals surface area contributed by atoms with Crippen LogP contribution in [0.4, 0.5) is 0 Å². The summed E-state index contributed by atoms with van der Waals surface area (Å²) in [7, 11) is 0. The maximum atomic E-state index is 13.6. The third kappa shape index (κ3) is 6.55. The third-order valence-electron chi connectivity index (χ3n) is 12.2. The molecule has 0 aromatic carbocycles. The van der Waals surface area contributed by atoms with E-state index in [0.717, 1.165) is 19.3 Å². The molecular formula is C39H60O8. The van der Waals surface area contributed by atoms with Crippen molar-refractivity contribution in [2.24, 2.45) is 29.1 Å². The summed E-state index contributed by atoms with van der Waals surface area (Å²) in [5, 5.41) is 35.1. The first kappa shape index (κ1) is 37.5. The first-order valence-corrected chi connectivity index (χ1v) is 18.2. The molecule has 47 heavy (non-hydrogen) atoms. The van der Waals surface area contributed by atoms with Gasteiger partial charge in [-0.25, -0.2) is 4.79 Å². The summed E-state index contributed by atoms with van der Waals surface area (Å²) in [4.78, 5) is 40.3. The number of hydrogen-bond donors (Lipinski definition) is 3. The van der Waals surface area contributed by atoms with Gasteiger partial charge in [-0.15, -0.1) is 0 Å². The van der Waals surface area contributed by atoms with Crippen LogP contribution in [0.1, 0.15) is 132 Å². The molecule has 8 atom stereocenters. The molecule has 8 heteroatoms. The topological polar surface area (TPSA) is 130 Å². The van der Waals surface area contributed by atoms with Gasteiger partial charge in [0.15, 0.2) is 11.4 Å². The summed E-state index contributed by atoms with van der Waals surface area (Å²) in [5.41, 5.74) is -4.46. The molecule has 0 amide bonds. The van der Waals surface area contributed by atoms with E-state index in [1.165, 1.54) is 44.9 Å². The molecule has 264 valence electrons. The molecule has 0 spiro atoms. The molecule has 0 bridgehead atoms. The average Bonchev–Trinajstić information content (AvgIpc) is 3.46. The average molecular weight is 657 g/mol. The number of hydrogen-bond acceptors (Lipinski definition) is 8. The van der Waals surface area contributed by atoms with E-state index >= 15 is 0 Å². The third-order valence-corrected chi connectivity index (χ3v) is 12.2. The van der Waals surface area contributed by atoms with Gasteiger partial charge in [-0.1, -0.05) is 110 Å². The quantitative estimate of drug-likeness (QED) is 0.0725. The molecular weight excluding hydrogens is 596 g/mol. The number of carbonyl (C=O) groups excluding carboxylic acids is 3. The number of aliphatic hydroxyl groups excluding tert-OH is 1. The Labute approximate surface area is 282 Å². The molecule has 2 saturated carbocycles. The Balaban J connectivity index is 1.56. The number of ketones is 1. The minimum atomic E-state index is -1.95. The zero-order valence-electron chi connectivity index (χ0n) is 29.9. The number of rotatable bonds is 16. The predicted octanol–water partition coefficient (Wildman–Crippen LogP) is 6.70. The Hall–Kier alpha value is -2.29. The van der Waals surface area contributed by atoms with E-state index in [9.17, 15) is 29.7 Å². The molecule has 4 rings (SSSR count). The van der Waals surface area contributed by atoms with E-state index in [4.69, 9.17) is 9.47 Å². The van der Waals surface area contributed by atoms with Gasteiger partial charge >= 0.3 is 11.9 Å². The number of carbonyl (C=O) groups is 3. The van der Waals surface area contributed by atoms with Gasteiger partial charge in [-0.2, -0.15) is 0 Å². The number of Topliss-reactive ketones (excluding diaryl/α,β-unsaturated/α-hetero) is 1. The fraction of sp³-hybridized carbons (Fsp3) is 0.769. The normalized spacial score (nSPS) is 35.6. The van der Waals surface area contributed by atoms with Crippen LogP contribution < -0.4 is 0 Å². The van der Waals surface area contributed by atoms with Crippen molar-refractivity contribution in [3.05, 3.63) is 34.9 Å². The molecule has 0 aliphatic heterocycles. The molecule has 0 aromatic rings. The lowest BCUT2D eigenvalue weighted by Gasteiger charge is -2.53. The van der Waals surface area contributed by atoms with Gasteiger partial charge in [0.05, 0.1) is 12.2 Å². The van der Waals surface area contributed by atoms with Crippen LogP contribution in [-0.2, 0) is 23.9 Å². The van der Waals surface area contributed by atoms with E-state index in [0.29, 0.717) is 23.1 Å². The zero-order chi connectivity index (χ0) is 34.8. The Morgan fingerprint density at radius 2 is 1.55 bits per heavy atom. The lowest BCUT2D eigenvalue weighted by Crippen LogP contribution is -2.66.